The number of nitrogens with two attached hydrogens (primary N) is 1. The average molecular weight is 390 g/mol. The largest absolute Gasteiger partial charge is 0.441 e. The van der Waals surface area contributed by atoms with Gasteiger partial charge < -0.3 is 15.5 Å². The molecule has 1 aromatic heterocycles. The van der Waals surface area contributed by atoms with Gasteiger partial charge in [0.05, 0.1) is 11.4 Å². The Morgan fingerprint density at radius 1 is 1.32 bits per heavy atom. The van der Waals surface area contributed by atoms with Crippen molar-refractivity contribution in [2.75, 3.05) is 5.32 Å². The fourth-order valence-corrected chi connectivity index (χ4v) is 2.99. The van der Waals surface area contributed by atoms with Crippen LogP contribution in [-0.2, 0) is 0 Å². The third-order valence-electron chi connectivity index (χ3n) is 3.82. The number of hydrogen-bond donors (Lipinski definition) is 2. The lowest BCUT2D eigenvalue weighted by molar-refractivity contribution is 0.411. The third kappa shape index (κ3) is 3.71. The molecule has 0 atom stereocenters. The van der Waals surface area contributed by atoms with E-state index in [1.54, 1.807) is 0 Å². The molecule has 3 rings (SSSR count). The van der Waals surface area contributed by atoms with Crippen LogP contribution in [0.1, 0.15) is 25.7 Å². The summed E-state index contributed by atoms with van der Waals surface area (Å²) in [6.07, 6.45) is 5.33. The van der Waals surface area contributed by atoms with Crippen molar-refractivity contribution >= 4 is 34.0 Å². The van der Waals surface area contributed by atoms with Crippen LogP contribution in [0.15, 0.2) is 38.3 Å². The zero-order valence-corrected chi connectivity index (χ0v) is 14.3. The van der Waals surface area contributed by atoms with Gasteiger partial charge in [0.2, 0.25) is 6.39 Å². The van der Waals surface area contributed by atoms with Gasteiger partial charge in [-0.2, -0.15) is 4.68 Å². The average Bonchev–Trinajstić information content (AvgIpc) is 2.90. The molecule has 22 heavy (non-hydrogen) atoms. The Balaban J connectivity index is 0.00000176. The molecule has 0 spiro atoms. The van der Waals surface area contributed by atoms with Crippen LogP contribution in [0.25, 0.3) is 5.69 Å². The first kappa shape index (κ1) is 17.1. The van der Waals surface area contributed by atoms with Gasteiger partial charge in [-0.3, -0.25) is 0 Å². The summed E-state index contributed by atoms with van der Waals surface area (Å²) in [7, 11) is 0. The van der Waals surface area contributed by atoms with Crippen molar-refractivity contribution in [3.8, 4) is 5.69 Å². The molecule has 2 aromatic rings. The number of anilines is 1. The normalized spacial score (nSPS) is 21.2. The predicted molar refractivity (Wildman–Crippen MR) is 90.9 cm³/mol. The van der Waals surface area contributed by atoms with Crippen molar-refractivity contribution in [3.05, 3.63) is 39.6 Å². The van der Waals surface area contributed by atoms with Gasteiger partial charge in [-0.1, -0.05) is 0 Å². The van der Waals surface area contributed by atoms with Crippen molar-refractivity contribution < 1.29 is 4.42 Å². The Labute approximate surface area is 142 Å². The van der Waals surface area contributed by atoms with Gasteiger partial charge in [0.25, 0.3) is 0 Å². The van der Waals surface area contributed by atoms with Crippen LogP contribution in [0.2, 0.25) is 0 Å². The van der Waals surface area contributed by atoms with Crippen molar-refractivity contribution in [3.63, 3.8) is 0 Å². The fraction of sp³-hybridized carbons (Fsp3) is 0.429. The van der Waals surface area contributed by atoms with Crippen LogP contribution in [0.4, 0.5) is 5.69 Å². The summed E-state index contributed by atoms with van der Waals surface area (Å²) in [5, 5.41) is 7.41. The van der Waals surface area contributed by atoms with Crippen LogP contribution in [0.5, 0.6) is 0 Å². The quantitative estimate of drug-likeness (QED) is 0.843. The van der Waals surface area contributed by atoms with E-state index in [9.17, 15) is 4.79 Å². The van der Waals surface area contributed by atoms with Gasteiger partial charge in [-0.15, -0.1) is 17.5 Å². The minimum atomic E-state index is -0.494. The molecule has 8 heteroatoms. The Morgan fingerprint density at radius 2 is 2.05 bits per heavy atom. The van der Waals surface area contributed by atoms with E-state index in [-0.39, 0.29) is 12.4 Å². The molecule has 0 bridgehead atoms. The molecule has 0 radical (unpaired) electrons. The Kier molecular flexibility index (Phi) is 5.66. The zero-order chi connectivity index (χ0) is 14.8. The zero-order valence-electron chi connectivity index (χ0n) is 11.9. The second-order valence-electron chi connectivity index (χ2n) is 5.34. The maximum absolute atomic E-state index is 11.5. The van der Waals surface area contributed by atoms with Crippen LogP contribution in [-0.4, -0.2) is 21.9 Å². The highest BCUT2D eigenvalue weighted by atomic mass is 79.9. The molecule has 1 aliphatic rings. The number of hydrogen-bond acceptors (Lipinski definition) is 5. The maximum Gasteiger partial charge on any atom is 0.441 e. The smallest absolute Gasteiger partial charge is 0.395 e. The Bertz CT molecular complexity index is 679. The number of rotatable bonds is 3. The van der Waals surface area contributed by atoms with Gasteiger partial charge in [-0.05, 0) is 59.8 Å². The molecule has 6 nitrogen and oxygen atoms in total. The van der Waals surface area contributed by atoms with Gasteiger partial charge >= 0.3 is 5.76 Å². The summed E-state index contributed by atoms with van der Waals surface area (Å²) >= 11 is 3.53. The lowest BCUT2D eigenvalue weighted by Gasteiger charge is -2.28. The second kappa shape index (κ2) is 7.30. The minimum Gasteiger partial charge on any atom is -0.395 e. The minimum absolute atomic E-state index is 0. The molecule has 0 unspecified atom stereocenters. The summed E-state index contributed by atoms with van der Waals surface area (Å²) in [5.74, 6) is -0.494. The first-order valence-corrected chi connectivity index (χ1v) is 7.77. The number of halogens is 2. The van der Waals surface area contributed by atoms with E-state index in [4.69, 9.17) is 10.2 Å². The monoisotopic (exact) mass is 388 g/mol. The molecule has 1 aromatic carbocycles. The van der Waals surface area contributed by atoms with E-state index < -0.39 is 5.76 Å². The highest BCUT2D eigenvalue weighted by molar-refractivity contribution is 9.10. The second-order valence-corrected chi connectivity index (χ2v) is 6.19. The van der Waals surface area contributed by atoms with Crippen molar-refractivity contribution in [2.45, 2.75) is 37.8 Å². The van der Waals surface area contributed by atoms with Crippen LogP contribution in [0, 0.1) is 0 Å². The fourth-order valence-electron chi connectivity index (χ4n) is 2.62. The molecule has 0 aliphatic heterocycles. The van der Waals surface area contributed by atoms with Gasteiger partial charge in [-0.25, -0.2) is 4.79 Å². The number of nitrogens with one attached hydrogen (secondary N) is 1. The lowest BCUT2D eigenvalue weighted by Crippen LogP contribution is -2.32. The first-order chi connectivity index (χ1) is 10.1. The summed E-state index contributed by atoms with van der Waals surface area (Å²) in [4.78, 5) is 11.5. The highest BCUT2D eigenvalue weighted by Gasteiger charge is 2.19. The molecular weight excluding hydrogens is 372 g/mol. The molecule has 0 amide bonds. The van der Waals surface area contributed by atoms with Crippen LogP contribution in [0.3, 0.4) is 0 Å². The van der Waals surface area contributed by atoms with E-state index in [2.05, 4.69) is 26.3 Å². The molecule has 1 heterocycles. The highest BCUT2D eigenvalue weighted by Crippen LogP contribution is 2.28. The van der Waals surface area contributed by atoms with Crippen LogP contribution < -0.4 is 16.8 Å². The molecule has 120 valence electrons. The van der Waals surface area contributed by atoms with E-state index in [1.807, 2.05) is 18.2 Å². The number of aromatic nitrogens is 2. The standard InChI is InChI=1S/C14H17BrN4O2.ClH/c15-12-6-5-11(19-14(20)21-8-17-19)7-13(12)18-10-3-1-9(16)2-4-10;/h5-10,18H,1-4,16H2;1H. The molecule has 0 saturated heterocycles. The molecule has 1 aliphatic carbocycles. The topological polar surface area (TPSA) is 86.1 Å². The molecule has 1 fully saturated rings. The third-order valence-corrected chi connectivity index (χ3v) is 4.51. The van der Waals surface area contributed by atoms with Crippen molar-refractivity contribution in [1.82, 2.24) is 9.78 Å². The molecule has 3 N–H and O–H groups in total. The Hall–Kier alpha value is -1.31. The summed E-state index contributed by atoms with van der Waals surface area (Å²) < 4.78 is 6.89. The van der Waals surface area contributed by atoms with Gasteiger partial charge in [0.15, 0.2) is 0 Å². The van der Waals surface area contributed by atoms with E-state index >= 15 is 0 Å². The summed E-state index contributed by atoms with van der Waals surface area (Å²) in [6.45, 7) is 0. The van der Waals surface area contributed by atoms with Gasteiger partial charge in [0, 0.05) is 16.6 Å². The summed E-state index contributed by atoms with van der Waals surface area (Å²) in [6, 6.07) is 6.34. The first-order valence-electron chi connectivity index (χ1n) is 6.98. The maximum atomic E-state index is 11.5. The number of nitrogens with zero attached hydrogens (tertiary/aromatic N) is 2. The van der Waals surface area contributed by atoms with E-state index in [1.165, 1.54) is 4.68 Å². The van der Waals surface area contributed by atoms with Crippen molar-refractivity contribution in [2.24, 2.45) is 5.73 Å². The molecule has 1 saturated carbocycles. The lowest BCUT2D eigenvalue weighted by atomic mass is 9.91. The SMILES string of the molecule is Cl.NC1CCC(Nc2cc(-n3ncoc3=O)ccc2Br)CC1. The van der Waals surface area contributed by atoms with Crippen molar-refractivity contribution in [1.29, 1.82) is 0 Å². The number of benzene rings is 1. The summed E-state index contributed by atoms with van der Waals surface area (Å²) in [5.41, 5.74) is 7.55. The Morgan fingerprint density at radius 3 is 2.68 bits per heavy atom. The predicted octanol–water partition coefficient (Wildman–Crippen LogP) is 2.69. The van der Waals surface area contributed by atoms with Crippen LogP contribution >= 0.6 is 28.3 Å². The van der Waals surface area contributed by atoms with E-state index in [0.717, 1.165) is 42.2 Å². The van der Waals surface area contributed by atoms with Gasteiger partial charge in [0.1, 0.15) is 0 Å². The van der Waals surface area contributed by atoms with E-state index in [0.29, 0.717) is 17.8 Å². The molecular formula is C14H18BrClN4O2.